The molecule has 0 aliphatic heterocycles. The predicted molar refractivity (Wildman–Crippen MR) is 24.6 cm³/mol. The lowest BCUT2D eigenvalue weighted by molar-refractivity contribution is -0.306. The third-order valence-corrected chi connectivity index (χ3v) is 0.372. The molecule has 4 heteroatoms. The van der Waals surface area contributed by atoms with Gasteiger partial charge in [0.15, 0.2) is 0 Å². The maximum atomic E-state index is 9.46. The van der Waals surface area contributed by atoms with Crippen molar-refractivity contribution < 1.29 is 9.90 Å². The molecule has 6 N–H and O–H groups in total. The molecule has 0 saturated heterocycles. The molecule has 0 unspecified atom stereocenters. The van der Waals surface area contributed by atoms with Gasteiger partial charge in [-0.25, -0.2) is 0 Å². The molecule has 0 saturated carbocycles. The van der Waals surface area contributed by atoms with Crippen molar-refractivity contribution in [1.82, 2.24) is 6.15 Å². The molecular formula is C3H10N2O2. The number of quaternary nitrogens is 1. The molecule has 4 nitrogen and oxygen atoms in total. The number of aliphatic carboxylic acids is 1. The molecule has 0 heterocycles. The maximum absolute atomic E-state index is 9.46. The molecule has 44 valence electrons. The van der Waals surface area contributed by atoms with Crippen molar-refractivity contribution in [3.8, 4) is 0 Å². The molecule has 0 aliphatic rings. The molecular weight excluding hydrogens is 96.0 g/mol. The lowest BCUT2D eigenvalue weighted by atomic mass is 10.4. The fraction of sp³-hybridized carbons (Fsp3) is 0.667. The summed E-state index contributed by atoms with van der Waals surface area (Å²) >= 11 is 0. The Morgan fingerprint density at radius 1 is 1.86 bits per heavy atom. The van der Waals surface area contributed by atoms with Crippen LogP contribution >= 0.6 is 0 Å². The highest BCUT2D eigenvalue weighted by atomic mass is 16.4. The van der Waals surface area contributed by atoms with Crippen molar-refractivity contribution >= 4 is 5.97 Å². The van der Waals surface area contributed by atoms with E-state index in [0.717, 1.165) is 0 Å². The number of rotatable bonds is 1. The van der Waals surface area contributed by atoms with E-state index >= 15 is 0 Å². The fourth-order valence-electron chi connectivity index (χ4n) is 0. The summed E-state index contributed by atoms with van der Waals surface area (Å²) in [6, 6.07) is -0.843. The van der Waals surface area contributed by atoms with Crippen LogP contribution in [-0.4, -0.2) is 12.0 Å². The lowest BCUT2D eigenvalue weighted by Gasteiger charge is -2.01. The van der Waals surface area contributed by atoms with Crippen LogP contribution in [0.1, 0.15) is 6.92 Å². The van der Waals surface area contributed by atoms with Gasteiger partial charge in [0, 0.05) is 6.04 Å². The van der Waals surface area contributed by atoms with Crippen LogP contribution < -0.4 is 17.0 Å². The van der Waals surface area contributed by atoms with E-state index in [-0.39, 0.29) is 6.15 Å². The largest absolute Gasteiger partial charge is 0.548 e. The first-order valence-corrected chi connectivity index (χ1v) is 1.61. The van der Waals surface area contributed by atoms with Gasteiger partial charge in [-0.05, 0) is 6.92 Å². The number of hydrogen-bond donors (Lipinski definition) is 2. The smallest absolute Gasteiger partial charge is 0.0579 e. The number of carboxylic acid groups (broad SMARTS) is 1. The molecule has 1 atom stereocenters. The highest BCUT2D eigenvalue weighted by Crippen LogP contribution is 1.63. The van der Waals surface area contributed by atoms with Crippen LogP contribution in [0.3, 0.4) is 0 Å². The second kappa shape index (κ2) is 3.58. The normalized spacial score (nSPS) is 11.7. The van der Waals surface area contributed by atoms with Gasteiger partial charge in [-0.3, -0.25) is 0 Å². The Labute approximate surface area is 41.9 Å². The van der Waals surface area contributed by atoms with Gasteiger partial charge in [-0.1, -0.05) is 0 Å². The quantitative estimate of drug-likeness (QED) is 0.423. The van der Waals surface area contributed by atoms with Crippen molar-refractivity contribution in [2.75, 3.05) is 0 Å². The zero-order valence-electron chi connectivity index (χ0n) is 4.47. The Hall–Kier alpha value is -0.610. The summed E-state index contributed by atoms with van der Waals surface area (Å²) in [5, 5.41) is 9.46. The van der Waals surface area contributed by atoms with Gasteiger partial charge in [0.2, 0.25) is 0 Å². The standard InChI is InChI=1S/C3H7NO2.H3N/c1-2(4)3(5)6;/h2H,4H2,1H3,(H,5,6);1H3/t2-;/m0./s1. The monoisotopic (exact) mass is 106 g/mol. The second-order valence-electron chi connectivity index (χ2n) is 1.11. The van der Waals surface area contributed by atoms with Gasteiger partial charge in [-0.2, -0.15) is 0 Å². The van der Waals surface area contributed by atoms with Gasteiger partial charge in [-0.15, -0.1) is 0 Å². The van der Waals surface area contributed by atoms with Crippen molar-refractivity contribution in [1.29, 1.82) is 0 Å². The van der Waals surface area contributed by atoms with Crippen LogP contribution in [0.15, 0.2) is 0 Å². The third kappa shape index (κ3) is 5.39. The average Bonchev–Trinajstić information content (AvgIpc) is 1.36. The number of carbonyl (C=O) groups is 1. The van der Waals surface area contributed by atoms with Crippen LogP contribution in [0.25, 0.3) is 0 Å². The van der Waals surface area contributed by atoms with Crippen LogP contribution in [0.5, 0.6) is 0 Å². The van der Waals surface area contributed by atoms with Crippen LogP contribution in [0.2, 0.25) is 0 Å². The maximum Gasteiger partial charge on any atom is 0.0579 e. The van der Waals surface area contributed by atoms with Crippen molar-refractivity contribution in [3.63, 3.8) is 0 Å². The summed E-state index contributed by atoms with van der Waals surface area (Å²) < 4.78 is 0. The highest BCUT2D eigenvalue weighted by Gasteiger charge is 1.87. The van der Waals surface area contributed by atoms with Gasteiger partial charge >= 0.3 is 0 Å². The fourth-order valence-corrected chi connectivity index (χ4v) is 0. The minimum absolute atomic E-state index is 0. The topological polar surface area (TPSA) is 103 Å². The molecule has 0 spiro atoms. The van der Waals surface area contributed by atoms with Gasteiger partial charge in [0.25, 0.3) is 0 Å². The zero-order valence-corrected chi connectivity index (χ0v) is 4.47. The summed E-state index contributed by atoms with van der Waals surface area (Å²) in [5.41, 5.74) is 4.77. The van der Waals surface area contributed by atoms with Crippen LogP contribution in [0, 0.1) is 0 Å². The Morgan fingerprint density at radius 3 is 2.00 bits per heavy atom. The number of hydrogen-bond acceptors (Lipinski definition) is 3. The minimum atomic E-state index is -1.21. The van der Waals surface area contributed by atoms with Crippen molar-refractivity contribution in [2.45, 2.75) is 13.0 Å². The van der Waals surface area contributed by atoms with Crippen molar-refractivity contribution in [3.05, 3.63) is 0 Å². The molecule has 0 aromatic carbocycles. The van der Waals surface area contributed by atoms with E-state index in [9.17, 15) is 9.90 Å². The summed E-state index contributed by atoms with van der Waals surface area (Å²) in [5.74, 6) is -1.21. The van der Waals surface area contributed by atoms with Crippen LogP contribution in [0.4, 0.5) is 0 Å². The molecule has 7 heavy (non-hydrogen) atoms. The summed E-state index contributed by atoms with van der Waals surface area (Å²) in [6.45, 7) is 1.36. The average molecular weight is 106 g/mol. The van der Waals surface area contributed by atoms with Crippen molar-refractivity contribution in [2.24, 2.45) is 5.73 Å². The number of carboxylic acids is 1. The van der Waals surface area contributed by atoms with Crippen LogP contribution in [-0.2, 0) is 4.79 Å². The van der Waals surface area contributed by atoms with Gasteiger partial charge < -0.3 is 21.8 Å². The first kappa shape index (κ1) is 9.63. The highest BCUT2D eigenvalue weighted by molar-refractivity contribution is 5.70. The van der Waals surface area contributed by atoms with E-state index in [1.54, 1.807) is 0 Å². The first-order chi connectivity index (χ1) is 2.64. The molecule has 0 aliphatic carbocycles. The SMILES string of the molecule is C[C@H](N)C(=O)[O-].[NH4+]. The van der Waals surface area contributed by atoms with Gasteiger partial charge in [0.1, 0.15) is 0 Å². The van der Waals surface area contributed by atoms with Gasteiger partial charge in [0.05, 0.1) is 5.97 Å². The van der Waals surface area contributed by atoms with E-state index in [1.165, 1.54) is 6.92 Å². The van der Waals surface area contributed by atoms with E-state index in [4.69, 9.17) is 5.73 Å². The summed E-state index contributed by atoms with van der Waals surface area (Å²) in [6.07, 6.45) is 0. The molecule has 0 aromatic rings. The molecule has 0 rings (SSSR count). The number of carbonyl (C=O) groups excluding carboxylic acids is 1. The predicted octanol–water partition coefficient (Wildman–Crippen LogP) is -1.54. The Bertz CT molecular complexity index is 62.0. The molecule has 0 aromatic heterocycles. The molecule has 0 bridgehead atoms. The van der Waals surface area contributed by atoms with E-state index in [1.807, 2.05) is 0 Å². The molecule has 0 amide bonds. The lowest BCUT2D eigenvalue weighted by Crippen LogP contribution is -2.39. The summed E-state index contributed by atoms with van der Waals surface area (Å²) in [7, 11) is 0. The Kier molecular flexibility index (Phi) is 4.92. The van der Waals surface area contributed by atoms with E-state index < -0.39 is 12.0 Å². The minimum Gasteiger partial charge on any atom is -0.548 e. The molecule has 0 radical (unpaired) electrons. The van der Waals surface area contributed by atoms with E-state index in [0.29, 0.717) is 0 Å². The first-order valence-electron chi connectivity index (χ1n) is 1.61. The number of nitrogens with two attached hydrogens (primary N) is 1. The second-order valence-corrected chi connectivity index (χ2v) is 1.11. The van der Waals surface area contributed by atoms with E-state index in [2.05, 4.69) is 0 Å². The zero-order chi connectivity index (χ0) is 5.15. The summed E-state index contributed by atoms with van der Waals surface area (Å²) in [4.78, 5) is 9.46. The molecule has 0 fully saturated rings. The Morgan fingerprint density at radius 2 is 2.00 bits per heavy atom. The Balaban J connectivity index is 0. The third-order valence-electron chi connectivity index (χ3n) is 0.372.